The maximum Gasteiger partial charge on any atom is 0.437 e. The van der Waals surface area contributed by atoms with Crippen molar-refractivity contribution in [3.63, 3.8) is 0 Å². The Kier molecular flexibility index (Phi) is 8.97. The van der Waals surface area contributed by atoms with Crippen LogP contribution >= 0.6 is 0 Å². The van der Waals surface area contributed by atoms with Crippen molar-refractivity contribution in [1.29, 1.82) is 0 Å². The highest BCUT2D eigenvalue weighted by atomic mass is 19.4. The molecule has 0 amide bonds. The number of nitrogens with zero attached hydrogens (tertiary/aromatic N) is 1. The molecule has 0 aliphatic heterocycles. The Labute approximate surface area is 181 Å². The molecular weight excluding hydrogens is 407 g/mol. The van der Waals surface area contributed by atoms with Crippen LogP contribution in [0.15, 0.2) is 53.7 Å². The van der Waals surface area contributed by atoms with Crippen molar-refractivity contribution >= 4 is 5.71 Å². The predicted octanol–water partition coefficient (Wildman–Crippen LogP) is 6.18. The summed E-state index contributed by atoms with van der Waals surface area (Å²) in [7, 11) is 1.09. The van der Waals surface area contributed by atoms with Gasteiger partial charge >= 0.3 is 6.18 Å². The molecule has 0 unspecified atom stereocenters. The van der Waals surface area contributed by atoms with Gasteiger partial charge in [0.1, 0.15) is 25.2 Å². The lowest BCUT2D eigenvalue weighted by Gasteiger charge is -2.14. The fourth-order valence-electron chi connectivity index (χ4n) is 3.10. The van der Waals surface area contributed by atoms with Gasteiger partial charge in [0.25, 0.3) is 0 Å². The Bertz CT molecular complexity index is 880. The van der Waals surface area contributed by atoms with Gasteiger partial charge in [-0.3, -0.25) is 0 Å². The second kappa shape index (κ2) is 11.4. The van der Waals surface area contributed by atoms with Gasteiger partial charge in [0, 0.05) is 5.56 Å². The van der Waals surface area contributed by atoms with Gasteiger partial charge in [-0.2, -0.15) is 13.2 Å². The zero-order valence-electron chi connectivity index (χ0n) is 18.3. The van der Waals surface area contributed by atoms with Gasteiger partial charge in [0.15, 0.2) is 5.71 Å². The lowest BCUT2D eigenvalue weighted by molar-refractivity contribution is -0.0608. The first-order valence-electron chi connectivity index (χ1n) is 10.0. The van der Waals surface area contributed by atoms with Crippen LogP contribution in [-0.2, 0) is 11.3 Å². The van der Waals surface area contributed by atoms with Gasteiger partial charge in [-0.05, 0) is 62.4 Å². The number of ether oxygens (including phenoxy) is 2. The van der Waals surface area contributed by atoms with E-state index in [4.69, 9.17) is 9.47 Å². The smallest absolute Gasteiger partial charge is 0.437 e. The number of benzene rings is 2. The Morgan fingerprint density at radius 1 is 1.03 bits per heavy atom. The predicted molar refractivity (Wildman–Crippen MR) is 116 cm³/mol. The van der Waals surface area contributed by atoms with Crippen molar-refractivity contribution in [2.24, 2.45) is 5.16 Å². The molecule has 0 N–H and O–H groups in total. The first-order chi connectivity index (χ1) is 14.8. The van der Waals surface area contributed by atoms with Crippen LogP contribution in [0.25, 0.3) is 0 Å². The molecule has 0 saturated heterocycles. The minimum Gasteiger partial charge on any atom is -0.493 e. The maximum absolute atomic E-state index is 13.0. The van der Waals surface area contributed by atoms with E-state index in [2.05, 4.69) is 9.99 Å². The molecule has 31 heavy (non-hydrogen) atoms. The summed E-state index contributed by atoms with van der Waals surface area (Å²) in [5.41, 5.74) is 1.84. The second-order valence-electron chi connectivity index (χ2n) is 7.04. The number of halogens is 3. The molecule has 4 nitrogen and oxygen atoms in total. The monoisotopic (exact) mass is 435 g/mol. The summed E-state index contributed by atoms with van der Waals surface area (Å²) < 4.78 is 50.7. The first kappa shape index (κ1) is 24.3. The summed E-state index contributed by atoms with van der Waals surface area (Å²) in [5, 5.41) is 3.11. The molecular formula is C24H28F3NO3. The van der Waals surface area contributed by atoms with Crippen molar-refractivity contribution < 1.29 is 27.5 Å². The van der Waals surface area contributed by atoms with E-state index in [0.717, 1.165) is 41.7 Å². The van der Waals surface area contributed by atoms with E-state index < -0.39 is 11.9 Å². The van der Waals surface area contributed by atoms with Crippen LogP contribution in [0, 0.1) is 13.8 Å². The molecule has 7 heteroatoms. The molecule has 0 radical (unpaired) electrons. The van der Waals surface area contributed by atoms with E-state index in [0.29, 0.717) is 19.6 Å². The highest BCUT2D eigenvalue weighted by molar-refractivity contribution is 6.04. The zero-order chi connectivity index (χ0) is 22.9. The summed E-state index contributed by atoms with van der Waals surface area (Å²) in [4.78, 5) is 4.33. The number of alkyl halides is 3. The van der Waals surface area contributed by atoms with E-state index in [1.165, 1.54) is 12.1 Å². The number of aryl methyl sites for hydroxylation is 3. The van der Waals surface area contributed by atoms with Crippen LogP contribution in [0.5, 0.6) is 11.5 Å². The summed E-state index contributed by atoms with van der Waals surface area (Å²) in [6, 6.07) is 10.0. The maximum atomic E-state index is 13.0. The van der Waals surface area contributed by atoms with Crippen LogP contribution in [0.3, 0.4) is 0 Å². The van der Waals surface area contributed by atoms with Crippen LogP contribution in [-0.4, -0.2) is 32.2 Å². The van der Waals surface area contributed by atoms with Gasteiger partial charge in [0.2, 0.25) is 0 Å². The second-order valence-corrected chi connectivity index (χ2v) is 7.04. The molecule has 0 aromatic heterocycles. The highest BCUT2D eigenvalue weighted by Crippen LogP contribution is 2.29. The van der Waals surface area contributed by atoms with Crippen molar-refractivity contribution in [3.05, 3.63) is 70.8 Å². The standard InChI is InChI=1S/C24H28F3NO3/c1-5-6-13-30-21-15-17(2)22(18(3)16-21)31-14-7-8-19-9-11-20(12-10-19)23(28-29-4)24(25,26)27/h5-6,9-12,15-16H,7-8,13-14H2,1-4H3/b6-5+,28-23?. The molecule has 0 bridgehead atoms. The Morgan fingerprint density at radius 3 is 2.23 bits per heavy atom. The quantitative estimate of drug-likeness (QED) is 0.194. The molecule has 0 spiro atoms. The van der Waals surface area contributed by atoms with Gasteiger partial charge < -0.3 is 14.3 Å². The van der Waals surface area contributed by atoms with Crippen molar-refractivity contribution in [1.82, 2.24) is 0 Å². The number of rotatable bonds is 10. The van der Waals surface area contributed by atoms with E-state index >= 15 is 0 Å². The topological polar surface area (TPSA) is 40.0 Å². The van der Waals surface area contributed by atoms with Gasteiger partial charge in [-0.1, -0.05) is 41.6 Å². The van der Waals surface area contributed by atoms with Crippen molar-refractivity contribution in [2.45, 2.75) is 39.8 Å². The molecule has 0 fully saturated rings. The third kappa shape index (κ3) is 7.35. The molecule has 0 saturated carbocycles. The zero-order valence-corrected chi connectivity index (χ0v) is 18.3. The van der Waals surface area contributed by atoms with Gasteiger partial charge in [-0.15, -0.1) is 0 Å². The van der Waals surface area contributed by atoms with E-state index in [9.17, 15) is 13.2 Å². The normalized spacial score (nSPS) is 12.3. The largest absolute Gasteiger partial charge is 0.493 e. The summed E-state index contributed by atoms with van der Waals surface area (Å²) in [5.74, 6) is 1.63. The summed E-state index contributed by atoms with van der Waals surface area (Å²) >= 11 is 0. The Morgan fingerprint density at radius 2 is 1.68 bits per heavy atom. The lowest BCUT2D eigenvalue weighted by Crippen LogP contribution is -2.24. The van der Waals surface area contributed by atoms with Crippen LogP contribution in [0.1, 0.15) is 35.6 Å². The number of hydrogen-bond acceptors (Lipinski definition) is 4. The Balaban J connectivity index is 1.91. The third-order valence-electron chi connectivity index (χ3n) is 4.55. The van der Waals surface area contributed by atoms with Crippen molar-refractivity contribution in [3.8, 4) is 11.5 Å². The van der Waals surface area contributed by atoms with Crippen LogP contribution in [0.2, 0.25) is 0 Å². The van der Waals surface area contributed by atoms with E-state index in [-0.39, 0.29) is 5.56 Å². The van der Waals surface area contributed by atoms with Crippen LogP contribution in [0.4, 0.5) is 13.2 Å². The van der Waals surface area contributed by atoms with Gasteiger partial charge in [0.05, 0.1) is 6.61 Å². The average Bonchev–Trinajstić information content (AvgIpc) is 2.71. The third-order valence-corrected chi connectivity index (χ3v) is 4.55. The highest BCUT2D eigenvalue weighted by Gasteiger charge is 2.37. The first-order valence-corrected chi connectivity index (χ1v) is 10.0. The van der Waals surface area contributed by atoms with Gasteiger partial charge in [-0.25, -0.2) is 0 Å². The minimum atomic E-state index is -4.58. The molecule has 0 heterocycles. The molecule has 0 aliphatic rings. The van der Waals surface area contributed by atoms with Crippen LogP contribution < -0.4 is 9.47 Å². The molecule has 0 atom stereocenters. The fraction of sp³-hybridized carbons (Fsp3) is 0.375. The van der Waals surface area contributed by atoms with E-state index in [1.54, 1.807) is 12.1 Å². The average molecular weight is 435 g/mol. The number of allylic oxidation sites excluding steroid dienone is 1. The Hall–Kier alpha value is -2.96. The summed E-state index contributed by atoms with van der Waals surface area (Å²) in [6.07, 6.45) is 0.721. The molecule has 168 valence electrons. The minimum absolute atomic E-state index is 0.0302. The molecule has 0 aliphatic carbocycles. The molecule has 2 rings (SSSR count). The lowest BCUT2D eigenvalue weighted by atomic mass is 10.0. The number of hydrogen-bond donors (Lipinski definition) is 0. The fourth-order valence-corrected chi connectivity index (χ4v) is 3.10. The summed E-state index contributed by atoms with van der Waals surface area (Å²) in [6.45, 7) is 6.92. The van der Waals surface area contributed by atoms with Crippen molar-refractivity contribution in [2.75, 3.05) is 20.3 Å². The van der Waals surface area contributed by atoms with E-state index in [1.807, 2.05) is 45.1 Å². The molecule has 2 aromatic rings. The molecule has 2 aromatic carbocycles. The SMILES string of the molecule is C/C=C/COc1cc(C)c(OCCCc2ccc(C(=NOC)C(F)(F)F)cc2)c(C)c1. The number of oxime groups is 1.